The standard InChI is InChI=1S/C23H20OS2/c1-16(19-12-11-17-7-5-6-10-20(17)15-19)21(23-25-13-14-26-23)22(24)18-8-3-2-4-9-18/h2-12,15-16H,13-14H2,1H3. The molecular formula is C23H20OS2. The van der Waals surface area contributed by atoms with E-state index in [9.17, 15) is 4.79 Å². The molecule has 3 aromatic carbocycles. The van der Waals surface area contributed by atoms with Crippen LogP contribution in [-0.2, 0) is 0 Å². The summed E-state index contributed by atoms with van der Waals surface area (Å²) in [5, 5.41) is 2.46. The summed E-state index contributed by atoms with van der Waals surface area (Å²) in [6.07, 6.45) is 0. The van der Waals surface area contributed by atoms with Crippen LogP contribution >= 0.6 is 23.5 Å². The molecule has 0 radical (unpaired) electrons. The molecule has 0 aromatic heterocycles. The zero-order valence-corrected chi connectivity index (χ0v) is 16.3. The molecule has 1 fully saturated rings. The highest BCUT2D eigenvalue weighted by molar-refractivity contribution is 8.25. The van der Waals surface area contributed by atoms with Gasteiger partial charge in [-0.25, -0.2) is 0 Å². The lowest BCUT2D eigenvalue weighted by Crippen LogP contribution is -2.11. The minimum Gasteiger partial charge on any atom is -0.289 e. The van der Waals surface area contributed by atoms with Gasteiger partial charge in [0.05, 0.1) is 0 Å². The number of hydrogen-bond acceptors (Lipinski definition) is 3. The number of ketones is 1. The zero-order valence-electron chi connectivity index (χ0n) is 14.6. The molecule has 1 heterocycles. The average Bonchev–Trinajstić information content (AvgIpc) is 3.22. The zero-order chi connectivity index (χ0) is 17.9. The van der Waals surface area contributed by atoms with Gasteiger partial charge in [0, 0.05) is 32.8 Å². The van der Waals surface area contributed by atoms with Crippen molar-refractivity contribution in [1.82, 2.24) is 0 Å². The molecule has 0 N–H and O–H groups in total. The van der Waals surface area contributed by atoms with Crippen molar-refractivity contribution in [3.63, 3.8) is 0 Å². The van der Waals surface area contributed by atoms with Gasteiger partial charge in [0.2, 0.25) is 0 Å². The molecule has 1 aliphatic heterocycles. The second-order valence-corrected chi connectivity index (χ2v) is 8.89. The van der Waals surface area contributed by atoms with Crippen LogP contribution in [0.2, 0.25) is 0 Å². The second kappa shape index (κ2) is 7.73. The third kappa shape index (κ3) is 3.46. The van der Waals surface area contributed by atoms with E-state index >= 15 is 0 Å². The topological polar surface area (TPSA) is 17.1 Å². The quantitative estimate of drug-likeness (QED) is 0.381. The highest BCUT2D eigenvalue weighted by atomic mass is 32.2. The molecule has 26 heavy (non-hydrogen) atoms. The highest BCUT2D eigenvalue weighted by Crippen LogP contribution is 2.44. The Kier molecular flexibility index (Phi) is 5.18. The molecule has 3 aromatic rings. The first kappa shape index (κ1) is 17.4. The van der Waals surface area contributed by atoms with Gasteiger partial charge < -0.3 is 0 Å². The number of hydrogen-bond donors (Lipinski definition) is 0. The van der Waals surface area contributed by atoms with Gasteiger partial charge in [-0.2, -0.15) is 0 Å². The fourth-order valence-electron chi connectivity index (χ4n) is 3.32. The van der Waals surface area contributed by atoms with Gasteiger partial charge in [0.15, 0.2) is 5.78 Å². The van der Waals surface area contributed by atoms with Crippen molar-refractivity contribution >= 4 is 40.1 Å². The molecule has 3 heteroatoms. The number of carbonyl (C=O) groups is 1. The molecule has 0 spiro atoms. The minimum atomic E-state index is 0.0698. The summed E-state index contributed by atoms with van der Waals surface area (Å²) < 4.78 is 1.19. The minimum absolute atomic E-state index is 0.0698. The lowest BCUT2D eigenvalue weighted by atomic mass is 9.88. The molecule has 4 rings (SSSR count). The van der Waals surface area contributed by atoms with Crippen LogP contribution in [0.3, 0.4) is 0 Å². The van der Waals surface area contributed by atoms with Crippen LogP contribution in [0.1, 0.15) is 28.8 Å². The van der Waals surface area contributed by atoms with E-state index in [4.69, 9.17) is 0 Å². The molecule has 1 saturated heterocycles. The van der Waals surface area contributed by atoms with Crippen LogP contribution in [-0.4, -0.2) is 17.3 Å². The van der Waals surface area contributed by atoms with Gasteiger partial charge in [-0.3, -0.25) is 4.79 Å². The van der Waals surface area contributed by atoms with Crippen molar-refractivity contribution in [2.45, 2.75) is 12.8 Å². The number of thioether (sulfide) groups is 2. The predicted molar refractivity (Wildman–Crippen MR) is 115 cm³/mol. The Morgan fingerprint density at radius 1 is 0.846 bits per heavy atom. The van der Waals surface area contributed by atoms with Gasteiger partial charge in [-0.1, -0.05) is 79.7 Å². The van der Waals surface area contributed by atoms with Gasteiger partial charge in [0.1, 0.15) is 0 Å². The Labute approximate surface area is 162 Å². The Bertz CT molecular complexity index is 968. The lowest BCUT2D eigenvalue weighted by molar-refractivity contribution is 0.102. The van der Waals surface area contributed by atoms with Gasteiger partial charge >= 0.3 is 0 Å². The van der Waals surface area contributed by atoms with E-state index in [2.05, 4.69) is 49.4 Å². The highest BCUT2D eigenvalue weighted by Gasteiger charge is 2.26. The molecule has 0 amide bonds. The maximum absolute atomic E-state index is 13.3. The van der Waals surface area contributed by atoms with E-state index in [-0.39, 0.29) is 11.7 Å². The first-order valence-electron chi connectivity index (χ1n) is 8.82. The van der Waals surface area contributed by atoms with Gasteiger partial charge in [-0.15, -0.1) is 23.5 Å². The molecule has 0 bridgehead atoms. The fraction of sp³-hybridized carbons (Fsp3) is 0.174. The Morgan fingerprint density at radius 3 is 2.23 bits per heavy atom. The number of rotatable bonds is 4. The second-order valence-electron chi connectivity index (χ2n) is 6.42. The molecule has 0 saturated carbocycles. The summed E-state index contributed by atoms with van der Waals surface area (Å²) in [5.41, 5.74) is 2.92. The smallest absolute Gasteiger partial charge is 0.191 e. The van der Waals surface area contributed by atoms with Crippen LogP contribution in [0.5, 0.6) is 0 Å². The maximum Gasteiger partial charge on any atom is 0.191 e. The third-order valence-electron chi connectivity index (χ3n) is 4.76. The van der Waals surface area contributed by atoms with Crippen LogP contribution in [0.25, 0.3) is 10.8 Å². The molecule has 1 aliphatic rings. The number of carbonyl (C=O) groups excluding carboxylic acids is 1. The summed E-state index contributed by atoms with van der Waals surface area (Å²) in [6, 6.07) is 24.6. The fourth-order valence-corrected chi connectivity index (χ4v) is 6.04. The Morgan fingerprint density at radius 2 is 1.50 bits per heavy atom. The van der Waals surface area contributed by atoms with E-state index in [1.807, 2.05) is 53.9 Å². The first-order valence-corrected chi connectivity index (χ1v) is 10.8. The van der Waals surface area contributed by atoms with Crippen molar-refractivity contribution in [3.8, 4) is 0 Å². The molecule has 1 unspecified atom stereocenters. The van der Waals surface area contributed by atoms with E-state index in [1.54, 1.807) is 0 Å². The van der Waals surface area contributed by atoms with Crippen molar-refractivity contribution in [3.05, 3.63) is 93.7 Å². The monoisotopic (exact) mass is 376 g/mol. The number of fused-ring (bicyclic) bond motifs is 1. The number of benzene rings is 3. The van der Waals surface area contributed by atoms with Gasteiger partial charge in [0.25, 0.3) is 0 Å². The molecule has 0 aliphatic carbocycles. The molecular weight excluding hydrogens is 356 g/mol. The van der Waals surface area contributed by atoms with Gasteiger partial charge in [-0.05, 0) is 16.3 Å². The molecule has 1 nitrogen and oxygen atoms in total. The number of allylic oxidation sites excluding steroid dienone is 1. The normalized spacial score (nSPS) is 15.2. The van der Waals surface area contributed by atoms with E-state index in [0.29, 0.717) is 0 Å². The number of Topliss-reactive ketones (excluding diaryl/α,β-unsaturated/α-hetero) is 1. The van der Waals surface area contributed by atoms with Crippen LogP contribution in [0.15, 0.2) is 82.6 Å². The molecule has 1 atom stereocenters. The van der Waals surface area contributed by atoms with Crippen molar-refractivity contribution in [2.24, 2.45) is 0 Å². The third-order valence-corrected chi connectivity index (χ3v) is 7.50. The summed E-state index contributed by atoms with van der Waals surface area (Å²) in [5.74, 6) is 2.38. The van der Waals surface area contributed by atoms with E-state index < -0.39 is 0 Å². The van der Waals surface area contributed by atoms with Crippen molar-refractivity contribution in [2.75, 3.05) is 11.5 Å². The summed E-state index contributed by atoms with van der Waals surface area (Å²) in [6.45, 7) is 2.16. The first-order chi connectivity index (χ1) is 12.7. The summed E-state index contributed by atoms with van der Waals surface area (Å²) in [4.78, 5) is 13.3. The van der Waals surface area contributed by atoms with Crippen LogP contribution < -0.4 is 0 Å². The molecule has 130 valence electrons. The van der Waals surface area contributed by atoms with E-state index in [1.165, 1.54) is 20.6 Å². The lowest BCUT2D eigenvalue weighted by Gasteiger charge is -2.18. The van der Waals surface area contributed by atoms with Crippen LogP contribution in [0, 0.1) is 0 Å². The largest absolute Gasteiger partial charge is 0.289 e. The van der Waals surface area contributed by atoms with Crippen LogP contribution in [0.4, 0.5) is 0 Å². The van der Waals surface area contributed by atoms with Crippen molar-refractivity contribution < 1.29 is 4.79 Å². The maximum atomic E-state index is 13.3. The summed E-state index contributed by atoms with van der Waals surface area (Å²) in [7, 11) is 0. The Balaban J connectivity index is 1.78. The van der Waals surface area contributed by atoms with Crippen molar-refractivity contribution in [1.29, 1.82) is 0 Å². The summed E-state index contributed by atoms with van der Waals surface area (Å²) >= 11 is 3.64. The predicted octanol–water partition coefficient (Wildman–Crippen LogP) is 6.52. The SMILES string of the molecule is CC(C(C(=O)c1ccccc1)=C1SCCS1)c1ccc2ccccc2c1. The average molecular weight is 377 g/mol. The van der Waals surface area contributed by atoms with E-state index in [0.717, 1.165) is 22.6 Å². The Hall–Kier alpha value is -1.97.